The molecule has 0 aliphatic rings. The largest absolute Gasteiger partial charge is 0.494 e. The number of nitrogens with one attached hydrogen (secondary N) is 2. The van der Waals surface area contributed by atoms with E-state index in [1.165, 1.54) is 4.88 Å². The number of aryl methyl sites for hydroxylation is 2. The van der Waals surface area contributed by atoms with Gasteiger partial charge in [-0.1, -0.05) is 0 Å². The molecule has 2 heterocycles. The molecular weight excluding hydrogens is 398 g/mol. The number of aliphatic imine (C=N–C) groups is 1. The number of thiazole rings is 1. The Kier molecular flexibility index (Phi) is 7.62. The van der Waals surface area contributed by atoms with Gasteiger partial charge in [-0.25, -0.2) is 9.97 Å². The number of aromatic nitrogens is 2. The molecule has 0 amide bonds. The standard InChI is InChI=1S/C22H27N5O2S/c1-5-28-18-6-8-19(9-7-18)29-20-12-17(10-11-24-20)13-25-22(23-4)26-14-21-27-15(2)16(3)30-21/h6-12H,5,13-14H2,1-4H3,(H2,23,25,26). The second-order valence-electron chi connectivity index (χ2n) is 6.54. The molecule has 2 N–H and O–H groups in total. The van der Waals surface area contributed by atoms with Gasteiger partial charge in [0.25, 0.3) is 0 Å². The van der Waals surface area contributed by atoms with E-state index in [9.17, 15) is 0 Å². The Bertz CT molecular complexity index is 966. The Morgan fingerprint density at radius 2 is 1.80 bits per heavy atom. The average Bonchev–Trinajstić information content (AvgIpc) is 3.07. The van der Waals surface area contributed by atoms with E-state index >= 15 is 0 Å². The molecule has 0 saturated heterocycles. The van der Waals surface area contributed by atoms with Gasteiger partial charge < -0.3 is 20.1 Å². The van der Waals surface area contributed by atoms with Crippen LogP contribution < -0.4 is 20.1 Å². The first kappa shape index (κ1) is 21.6. The Labute approximate surface area is 181 Å². The van der Waals surface area contributed by atoms with Crippen LogP contribution in [-0.4, -0.2) is 29.6 Å². The molecule has 0 aliphatic carbocycles. The second-order valence-corrected chi connectivity index (χ2v) is 7.83. The zero-order valence-electron chi connectivity index (χ0n) is 17.7. The summed E-state index contributed by atoms with van der Waals surface area (Å²) in [6.07, 6.45) is 1.73. The average molecular weight is 426 g/mol. The summed E-state index contributed by atoms with van der Waals surface area (Å²) in [5.74, 6) is 2.78. The van der Waals surface area contributed by atoms with Crippen LogP contribution in [0.4, 0.5) is 0 Å². The topological polar surface area (TPSA) is 80.7 Å². The monoisotopic (exact) mass is 425 g/mol. The zero-order valence-corrected chi connectivity index (χ0v) is 18.5. The summed E-state index contributed by atoms with van der Waals surface area (Å²) < 4.78 is 11.3. The molecule has 1 aromatic carbocycles. The molecule has 0 spiro atoms. The van der Waals surface area contributed by atoms with Crippen molar-refractivity contribution in [3.63, 3.8) is 0 Å². The first-order chi connectivity index (χ1) is 14.6. The molecule has 0 fully saturated rings. The molecule has 158 valence electrons. The van der Waals surface area contributed by atoms with E-state index in [1.54, 1.807) is 24.6 Å². The SMILES string of the molecule is CCOc1ccc(Oc2cc(CNC(=NC)NCc3nc(C)c(C)s3)ccn2)cc1. The van der Waals surface area contributed by atoms with Crippen LogP contribution in [0.25, 0.3) is 0 Å². The summed E-state index contributed by atoms with van der Waals surface area (Å²) in [6.45, 7) is 7.94. The smallest absolute Gasteiger partial charge is 0.219 e. The lowest BCUT2D eigenvalue weighted by Crippen LogP contribution is -2.36. The molecule has 0 radical (unpaired) electrons. The van der Waals surface area contributed by atoms with Crippen LogP contribution in [0.2, 0.25) is 0 Å². The van der Waals surface area contributed by atoms with Crippen molar-refractivity contribution in [3.05, 3.63) is 63.7 Å². The number of nitrogens with zero attached hydrogens (tertiary/aromatic N) is 3. The van der Waals surface area contributed by atoms with Gasteiger partial charge in [0, 0.05) is 30.7 Å². The van der Waals surface area contributed by atoms with E-state index < -0.39 is 0 Å². The van der Waals surface area contributed by atoms with Crippen LogP contribution in [-0.2, 0) is 13.1 Å². The highest BCUT2D eigenvalue weighted by Gasteiger charge is 2.06. The molecule has 8 heteroatoms. The van der Waals surface area contributed by atoms with Crippen LogP contribution in [0.15, 0.2) is 47.6 Å². The summed E-state index contributed by atoms with van der Waals surface area (Å²) in [5, 5.41) is 7.64. The maximum atomic E-state index is 5.86. The molecule has 0 atom stereocenters. The summed E-state index contributed by atoms with van der Waals surface area (Å²) >= 11 is 1.70. The summed E-state index contributed by atoms with van der Waals surface area (Å²) in [4.78, 5) is 14.4. The second kappa shape index (κ2) is 10.6. The fourth-order valence-corrected chi connectivity index (χ4v) is 3.56. The van der Waals surface area contributed by atoms with Crippen molar-refractivity contribution in [1.29, 1.82) is 0 Å². The molecular formula is C22H27N5O2S. The van der Waals surface area contributed by atoms with Gasteiger partial charge in [-0.3, -0.25) is 4.99 Å². The lowest BCUT2D eigenvalue weighted by molar-refractivity contribution is 0.339. The van der Waals surface area contributed by atoms with Crippen LogP contribution in [0, 0.1) is 13.8 Å². The number of hydrogen-bond acceptors (Lipinski definition) is 6. The van der Waals surface area contributed by atoms with Gasteiger partial charge in [-0.15, -0.1) is 11.3 Å². The highest BCUT2D eigenvalue weighted by atomic mass is 32.1. The van der Waals surface area contributed by atoms with Crippen LogP contribution in [0.5, 0.6) is 17.4 Å². The van der Waals surface area contributed by atoms with E-state index in [0.29, 0.717) is 37.3 Å². The Morgan fingerprint density at radius 1 is 1.07 bits per heavy atom. The lowest BCUT2D eigenvalue weighted by atomic mass is 10.2. The van der Waals surface area contributed by atoms with Crippen molar-refractivity contribution in [2.45, 2.75) is 33.9 Å². The quantitative estimate of drug-likeness (QED) is 0.416. The molecule has 30 heavy (non-hydrogen) atoms. The summed E-state index contributed by atoms with van der Waals surface area (Å²) in [5.41, 5.74) is 2.12. The first-order valence-corrected chi connectivity index (χ1v) is 10.6. The third-order valence-corrected chi connectivity index (χ3v) is 5.39. The van der Waals surface area contributed by atoms with Crippen molar-refractivity contribution in [2.24, 2.45) is 4.99 Å². The Morgan fingerprint density at radius 3 is 2.47 bits per heavy atom. The number of guanidine groups is 1. The van der Waals surface area contributed by atoms with Gasteiger partial charge in [-0.05, 0) is 56.7 Å². The van der Waals surface area contributed by atoms with Crippen LogP contribution in [0.1, 0.15) is 28.1 Å². The highest BCUT2D eigenvalue weighted by molar-refractivity contribution is 7.11. The molecule has 2 aromatic heterocycles. The van der Waals surface area contributed by atoms with Crippen molar-refractivity contribution in [3.8, 4) is 17.4 Å². The fraction of sp³-hybridized carbons (Fsp3) is 0.318. The van der Waals surface area contributed by atoms with E-state index in [0.717, 1.165) is 22.0 Å². The van der Waals surface area contributed by atoms with Crippen LogP contribution in [0.3, 0.4) is 0 Å². The normalized spacial score (nSPS) is 11.3. The number of rotatable bonds is 8. The van der Waals surface area contributed by atoms with Gasteiger partial charge in [0.1, 0.15) is 16.5 Å². The van der Waals surface area contributed by atoms with Crippen LogP contribution >= 0.6 is 11.3 Å². The minimum atomic E-state index is 0.537. The summed E-state index contributed by atoms with van der Waals surface area (Å²) in [6, 6.07) is 11.3. The van der Waals surface area contributed by atoms with Gasteiger partial charge in [0.15, 0.2) is 5.96 Å². The van der Waals surface area contributed by atoms with Crippen molar-refractivity contribution in [1.82, 2.24) is 20.6 Å². The summed E-state index contributed by atoms with van der Waals surface area (Å²) in [7, 11) is 1.75. The molecule has 3 aromatic rings. The van der Waals surface area contributed by atoms with Gasteiger partial charge >= 0.3 is 0 Å². The first-order valence-electron chi connectivity index (χ1n) is 9.80. The van der Waals surface area contributed by atoms with Gasteiger partial charge in [0.2, 0.25) is 5.88 Å². The third-order valence-electron chi connectivity index (χ3n) is 4.32. The Hall–Kier alpha value is -3.13. The van der Waals surface area contributed by atoms with Gasteiger partial charge in [-0.2, -0.15) is 0 Å². The zero-order chi connectivity index (χ0) is 21.3. The molecule has 0 aliphatic heterocycles. The minimum Gasteiger partial charge on any atom is -0.494 e. The molecule has 0 saturated carbocycles. The molecule has 0 bridgehead atoms. The van der Waals surface area contributed by atoms with Crippen molar-refractivity contribution >= 4 is 17.3 Å². The molecule has 3 rings (SSSR count). The number of ether oxygens (including phenoxy) is 2. The van der Waals surface area contributed by atoms with Crippen molar-refractivity contribution < 1.29 is 9.47 Å². The third kappa shape index (κ3) is 6.18. The number of benzene rings is 1. The predicted octanol–water partition coefficient (Wildman–Crippen LogP) is 4.21. The number of pyridine rings is 1. The van der Waals surface area contributed by atoms with Crippen molar-refractivity contribution in [2.75, 3.05) is 13.7 Å². The molecule has 0 unspecified atom stereocenters. The fourth-order valence-electron chi connectivity index (χ4n) is 2.69. The maximum Gasteiger partial charge on any atom is 0.219 e. The predicted molar refractivity (Wildman–Crippen MR) is 121 cm³/mol. The minimum absolute atomic E-state index is 0.537. The van der Waals surface area contributed by atoms with Gasteiger partial charge in [0.05, 0.1) is 18.8 Å². The maximum absolute atomic E-state index is 5.86. The lowest BCUT2D eigenvalue weighted by Gasteiger charge is -2.12. The highest BCUT2D eigenvalue weighted by Crippen LogP contribution is 2.23. The van der Waals surface area contributed by atoms with E-state index in [4.69, 9.17) is 9.47 Å². The number of hydrogen-bond donors (Lipinski definition) is 2. The molecule has 7 nitrogen and oxygen atoms in total. The van der Waals surface area contributed by atoms with E-state index in [-0.39, 0.29) is 0 Å². The Balaban J connectivity index is 1.53. The van der Waals surface area contributed by atoms with E-state index in [2.05, 4.69) is 32.5 Å². The van der Waals surface area contributed by atoms with E-state index in [1.807, 2.05) is 50.2 Å².